The van der Waals surface area contributed by atoms with Crippen molar-refractivity contribution in [1.82, 2.24) is 5.32 Å². The van der Waals surface area contributed by atoms with Gasteiger partial charge in [-0.25, -0.2) is 4.39 Å². The van der Waals surface area contributed by atoms with Crippen LogP contribution >= 0.6 is 11.6 Å². The highest BCUT2D eigenvalue weighted by molar-refractivity contribution is 6.18. The quantitative estimate of drug-likeness (QED) is 0.824. The highest BCUT2D eigenvalue weighted by Crippen LogP contribution is 2.45. The smallest absolute Gasteiger partial charge is 0.251 e. The molecule has 1 aliphatic rings. The molecule has 1 saturated carbocycles. The zero-order valence-corrected chi connectivity index (χ0v) is 10.5. The van der Waals surface area contributed by atoms with Crippen LogP contribution in [0.15, 0.2) is 18.2 Å². The number of rotatable bonds is 4. The highest BCUT2D eigenvalue weighted by Gasteiger charge is 2.41. The summed E-state index contributed by atoms with van der Waals surface area (Å²) in [6.07, 6.45) is 2.11. The molecule has 1 aromatic carbocycles. The first-order chi connectivity index (χ1) is 8.04. The van der Waals surface area contributed by atoms with Crippen LogP contribution in [-0.4, -0.2) is 18.3 Å². The van der Waals surface area contributed by atoms with E-state index >= 15 is 0 Å². The molecule has 1 N–H and O–H groups in total. The molecule has 0 atom stereocenters. The van der Waals surface area contributed by atoms with Crippen molar-refractivity contribution in [1.29, 1.82) is 0 Å². The number of halogens is 2. The molecule has 0 bridgehead atoms. The summed E-state index contributed by atoms with van der Waals surface area (Å²) in [5.41, 5.74) is 1.20. The van der Waals surface area contributed by atoms with Crippen molar-refractivity contribution in [2.75, 3.05) is 12.4 Å². The molecule has 1 aliphatic carbocycles. The molecule has 1 amide bonds. The number of aryl methyl sites for hydroxylation is 1. The van der Waals surface area contributed by atoms with Crippen LogP contribution < -0.4 is 5.32 Å². The summed E-state index contributed by atoms with van der Waals surface area (Å²) >= 11 is 5.82. The fourth-order valence-electron chi connectivity index (χ4n) is 1.77. The first-order valence-corrected chi connectivity index (χ1v) is 6.19. The minimum absolute atomic E-state index is 0.0829. The van der Waals surface area contributed by atoms with Gasteiger partial charge in [-0.2, -0.15) is 0 Å². The fourth-order valence-corrected chi connectivity index (χ4v) is 2.13. The SMILES string of the molecule is Cc1cc(F)cc(C(=O)NCC2(CCl)CC2)c1. The van der Waals surface area contributed by atoms with E-state index in [0.29, 0.717) is 18.0 Å². The Balaban J connectivity index is 1.99. The summed E-state index contributed by atoms with van der Waals surface area (Å²) in [6.45, 7) is 2.34. The predicted molar refractivity (Wildman–Crippen MR) is 65.9 cm³/mol. The zero-order chi connectivity index (χ0) is 12.5. The summed E-state index contributed by atoms with van der Waals surface area (Å²) in [7, 11) is 0. The maximum atomic E-state index is 13.1. The van der Waals surface area contributed by atoms with E-state index in [0.717, 1.165) is 18.4 Å². The summed E-state index contributed by atoms with van der Waals surface area (Å²) in [5, 5.41) is 2.82. The summed E-state index contributed by atoms with van der Waals surface area (Å²) in [5.74, 6) is -0.0484. The molecule has 0 saturated heterocycles. The number of benzene rings is 1. The van der Waals surface area contributed by atoms with Crippen molar-refractivity contribution in [2.45, 2.75) is 19.8 Å². The Bertz CT molecular complexity index is 423. The molecule has 0 unspecified atom stereocenters. The van der Waals surface area contributed by atoms with E-state index in [9.17, 15) is 9.18 Å². The molecule has 1 aromatic rings. The lowest BCUT2D eigenvalue weighted by atomic mass is 10.1. The lowest BCUT2D eigenvalue weighted by Crippen LogP contribution is -2.31. The van der Waals surface area contributed by atoms with Gasteiger partial charge >= 0.3 is 0 Å². The largest absolute Gasteiger partial charge is 0.351 e. The van der Waals surface area contributed by atoms with Gasteiger partial charge in [-0.05, 0) is 43.5 Å². The second-order valence-corrected chi connectivity index (χ2v) is 5.10. The summed E-state index contributed by atoms with van der Waals surface area (Å²) < 4.78 is 13.1. The first kappa shape index (κ1) is 12.4. The number of alkyl halides is 1. The standard InChI is InChI=1S/C13H15ClFNO/c1-9-4-10(6-11(15)5-9)12(17)16-8-13(7-14)2-3-13/h4-6H,2-3,7-8H2,1H3,(H,16,17). The second kappa shape index (κ2) is 4.65. The Hall–Kier alpha value is -1.09. The third-order valence-corrected chi connectivity index (χ3v) is 3.74. The molecule has 0 spiro atoms. The van der Waals surface area contributed by atoms with E-state index in [4.69, 9.17) is 11.6 Å². The number of hydrogen-bond acceptors (Lipinski definition) is 1. The van der Waals surface area contributed by atoms with Gasteiger partial charge in [0.15, 0.2) is 0 Å². The first-order valence-electron chi connectivity index (χ1n) is 5.66. The molecule has 92 valence electrons. The molecule has 17 heavy (non-hydrogen) atoms. The molecule has 0 heterocycles. The average molecular weight is 256 g/mol. The molecule has 0 aromatic heterocycles. The van der Waals surface area contributed by atoms with Crippen LogP contribution in [0.1, 0.15) is 28.8 Å². The van der Waals surface area contributed by atoms with Crippen molar-refractivity contribution in [3.8, 4) is 0 Å². The Morgan fingerprint density at radius 1 is 1.47 bits per heavy atom. The molecule has 1 fully saturated rings. The maximum absolute atomic E-state index is 13.1. The van der Waals surface area contributed by atoms with Crippen LogP contribution in [0.5, 0.6) is 0 Å². The van der Waals surface area contributed by atoms with Gasteiger partial charge < -0.3 is 5.32 Å². The number of amides is 1. The lowest BCUT2D eigenvalue weighted by Gasteiger charge is -2.12. The van der Waals surface area contributed by atoms with Gasteiger partial charge in [0.05, 0.1) is 0 Å². The molecule has 2 rings (SSSR count). The highest BCUT2D eigenvalue weighted by atomic mass is 35.5. The van der Waals surface area contributed by atoms with E-state index in [2.05, 4.69) is 5.32 Å². The van der Waals surface area contributed by atoms with E-state index in [1.165, 1.54) is 12.1 Å². The van der Waals surface area contributed by atoms with Crippen molar-refractivity contribution in [3.05, 3.63) is 35.1 Å². The van der Waals surface area contributed by atoms with Crippen LogP contribution in [0.25, 0.3) is 0 Å². The Kier molecular flexibility index (Phi) is 3.38. The molecule has 0 radical (unpaired) electrons. The number of nitrogens with one attached hydrogen (secondary N) is 1. The molecule has 0 aliphatic heterocycles. The van der Waals surface area contributed by atoms with Crippen LogP contribution in [0.4, 0.5) is 4.39 Å². The van der Waals surface area contributed by atoms with Gasteiger partial charge in [-0.15, -0.1) is 11.6 Å². The zero-order valence-electron chi connectivity index (χ0n) is 9.72. The van der Waals surface area contributed by atoms with Gasteiger partial charge in [-0.1, -0.05) is 0 Å². The minimum atomic E-state index is -0.381. The van der Waals surface area contributed by atoms with Crippen LogP contribution in [0.2, 0.25) is 0 Å². The summed E-state index contributed by atoms with van der Waals surface area (Å²) in [4.78, 5) is 11.8. The monoisotopic (exact) mass is 255 g/mol. The molecule has 4 heteroatoms. The number of carbonyl (C=O) groups excluding carboxylic acids is 1. The van der Waals surface area contributed by atoms with Crippen molar-refractivity contribution in [3.63, 3.8) is 0 Å². The van der Waals surface area contributed by atoms with Gasteiger partial charge in [0, 0.05) is 23.4 Å². The Morgan fingerprint density at radius 2 is 2.18 bits per heavy atom. The van der Waals surface area contributed by atoms with E-state index in [-0.39, 0.29) is 17.1 Å². The van der Waals surface area contributed by atoms with Crippen molar-refractivity contribution >= 4 is 17.5 Å². The predicted octanol–water partition coefficient (Wildman–Crippen LogP) is 2.88. The van der Waals surface area contributed by atoms with Crippen LogP contribution in [-0.2, 0) is 0 Å². The maximum Gasteiger partial charge on any atom is 0.251 e. The second-order valence-electron chi connectivity index (χ2n) is 4.83. The van der Waals surface area contributed by atoms with E-state index in [1.807, 2.05) is 0 Å². The van der Waals surface area contributed by atoms with Crippen molar-refractivity contribution in [2.24, 2.45) is 5.41 Å². The minimum Gasteiger partial charge on any atom is -0.351 e. The molecular formula is C13H15ClFNO. The van der Waals surface area contributed by atoms with E-state index in [1.54, 1.807) is 13.0 Å². The third kappa shape index (κ3) is 2.97. The molecular weight excluding hydrogens is 241 g/mol. The number of hydrogen-bond donors (Lipinski definition) is 1. The van der Waals surface area contributed by atoms with Gasteiger partial charge in [0.2, 0.25) is 0 Å². The van der Waals surface area contributed by atoms with Gasteiger partial charge in [0.25, 0.3) is 5.91 Å². The fraction of sp³-hybridized carbons (Fsp3) is 0.462. The normalized spacial score (nSPS) is 16.6. The topological polar surface area (TPSA) is 29.1 Å². The van der Waals surface area contributed by atoms with E-state index < -0.39 is 0 Å². The Morgan fingerprint density at radius 3 is 2.71 bits per heavy atom. The summed E-state index contributed by atoms with van der Waals surface area (Å²) in [6, 6.07) is 4.33. The van der Waals surface area contributed by atoms with Crippen LogP contribution in [0, 0.1) is 18.2 Å². The number of carbonyl (C=O) groups is 1. The van der Waals surface area contributed by atoms with Crippen molar-refractivity contribution < 1.29 is 9.18 Å². The third-order valence-electron chi connectivity index (χ3n) is 3.17. The molecule has 2 nitrogen and oxygen atoms in total. The average Bonchev–Trinajstić information content (AvgIpc) is 3.05. The van der Waals surface area contributed by atoms with Crippen LogP contribution in [0.3, 0.4) is 0 Å². The van der Waals surface area contributed by atoms with Gasteiger partial charge in [0.1, 0.15) is 5.82 Å². The Labute approximate surface area is 105 Å². The lowest BCUT2D eigenvalue weighted by molar-refractivity contribution is 0.0946. The van der Waals surface area contributed by atoms with Gasteiger partial charge in [-0.3, -0.25) is 4.79 Å².